The molecule has 4 heteroatoms. The van der Waals surface area contributed by atoms with Gasteiger partial charge in [0.1, 0.15) is 0 Å². The number of hydrogen-bond donors (Lipinski definition) is 1. The van der Waals surface area contributed by atoms with Gasteiger partial charge in [0.05, 0.1) is 12.1 Å². The first-order valence-electron chi connectivity index (χ1n) is 6.67. The second-order valence-corrected chi connectivity index (χ2v) is 5.68. The fourth-order valence-electron chi connectivity index (χ4n) is 2.34. The number of carbonyl (C=O) groups is 1. The molecule has 3 rings (SSSR count). The Kier molecular flexibility index (Phi) is 3.56. The topological polar surface area (TPSA) is 36.1 Å². The Morgan fingerprint density at radius 2 is 2.10 bits per heavy atom. The number of nitrogens with zero attached hydrogens (tertiary/aromatic N) is 1. The van der Waals surface area contributed by atoms with E-state index < -0.39 is 0 Å². The fraction of sp³-hybridized carbons (Fsp3) is 0.188. The molecule has 0 unspecified atom stereocenters. The molecule has 0 bridgehead atoms. The Hall–Kier alpha value is -2.07. The molecule has 2 heterocycles. The summed E-state index contributed by atoms with van der Waals surface area (Å²) < 4.78 is 0. The highest BCUT2D eigenvalue weighted by molar-refractivity contribution is 7.09. The number of rotatable bonds is 4. The van der Waals surface area contributed by atoms with Crippen LogP contribution < -0.4 is 0 Å². The Morgan fingerprint density at radius 1 is 1.25 bits per heavy atom. The van der Waals surface area contributed by atoms with Crippen molar-refractivity contribution in [1.29, 1.82) is 0 Å². The van der Waals surface area contributed by atoms with Crippen LogP contribution in [0.2, 0.25) is 0 Å². The van der Waals surface area contributed by atoms with Gasteiger partial charge in [-0.1, -0.05) is 24.3 Å². The third-order valence-corrected chi connectivity index (χ3v) is 4.28. The van der Waals surface area contributed by atoms with Gasteiger partial charge < -0.3 is 9.88 Å². The lowest BCUT2D eigenvalue weighted by atomic mass is 10.1. The number of H-pyrrole nitrogens is 1. The minimum atomic E-state index is 0.0818. The molecular weight excluding hydrogens is 268 g/mol. The Bertz CT molecular complexity index is 715. The standard InChI is InChI=1S/C16H16N2OS/c1-2-18(11-12-6-5-9-20-12)16(19)14-10-17-15-8-4-3-7-13(14)15/h3-10,17H,2,11H2,1H3. The molecule has 102 valence electrons. The molecule has 0 aliphatic carbocycles. The van der Waals surface area contributed by atoms with E-state index in [1.807, 2.05) is 53.7 Å². The summed E-state index contributed by atoms with van der Waals surface area (Å²) in [6.45, 7) is 3.39. The Morgan fingerprint density at radius 3 is 2.85 bits per heavy atom. The molecule has 0 aliphatic rings. The van der Waals surface area contributed by atoms with Gasteiger partial charge >= 0.3 is 0 Å². The second kappa shape index (κ2) is 5.51. The molecule has 1 aromatic carbocycles. The summed E-state index contributed by atoms with van der Waals surface area (Å²) in [6, 6.07) is 12.0. The molecule has 3 aromatic rings. The first kappa shape index (κ1) is 12.9. The highest BCUT2D eigenvalue weighted by Gasteiger charge is 2.18. The SMILES string of the molecule is CCN(Cc1cccs1)C(=O)c1c[nH]c2ccccc12. The summed E-state index contributed by atoms with van der Waals surface area (Å²) in [5.74, 6) is 0.0818. The van der Waals surface area contributed by atoms with Crippen LogP contribution >= 0.6 is 11.3 Å². The molecule has 0 saturated carbocycles. The van der Waals surface area contributed by atoms with Crippen LogP contribution in [0.15, 0.2) is 48.0 Å². The molecular formula is C16H16N2OS. The average molecular weight is 284 g/mol. The highest BCUT2D eigenvalue weighted by atomic mass is 32.1. The van der Waals surface area contributed by atoms with E-state index >= 15 is 0 Å². The summed E-state index contributed by atoms with van der Waals surface area (Å²) in [5.41, 5.74) is 1.75. The van der Waals surface area contributed by atoms with E-state index in [9.17, 15) is 4.79 Å². The molecule has 0 fully saturated rings. The van der Waals surface area contributed by atoms with Crippen molar-refractivity contribution >= 4 is 28.1 Å². The van der Waals surface area contributed by atoms with Gasteiger partial charge in [-0.2, -0.15) is 0 Å². The third-order valence-electron chi connectivity index (χ3n) is 3.42. The van der Waals surface area contributed by atoms with Crippen LogP contribution in [0.3, 0.4) is 0 Å². The number of hydrogen-bond acceptors (Lipinski definition) is 2. The van der Waals surface area contributed by atoms with Gasteiger partial charge in [0, 0.05) is 28.5 Å². The monoisotopic (exact) mass is 284 g/mol. The Balaban J connectivity index is 1.90. The van der Waals surface area contributed by atoms with Crippen LogP contribution in [0, 0.1) is 0 Å². The first-order chi connectivity index (χ1) is 9.79. The minimum Gasteiger partial charge on any atom is -0.360 e. The Labute approximate surface area is 121 Å². The minimum absolute atomic E-state index is 0.0818. The van der Waals surface area contributed by atoms with Gasteiger partial charge in [-0.3, -0.25) is 4.79 Å². The van der Waals surface area contributed by atoms with Gasteiger partial charge in [-0.25, -0.2) is 0 Å². The van der Waals surface area contributed by atoms with E-state index in [1.165, 1.54) is 4.88 Å². The van der Waals surface area contributed by atoms with Crippen molar-refractivity contribution in [2.75, 3.05) is 6.54 Å². The maximum absolute atomic E-state index is 12.7. The third kappa shape index (κ3) is 2.34. The van der Waals surface area contributed by atoms with Crippen LogP contribution in [0.5, 0.6) is 0 Å². The number of thiophene rings is 1. The van der Waals surface area contributed by atoms with E-state index in [4.69, 9.17) is 0 Å². The zero-order valence-corrected chi connectivity index (χ0v) is 12.1. The molecule has 0 atom stereocenters. The number of para-hydroxylation sites is 1. The second-order valence-electron chi connectivity index (χ2n) is 4.65. The molecule has 20 heavy (non-hydrogen) atoms. The molecule has 1 N–H and O–H groups in total. The smallest absolute Gasteiger partial charge is 0.256 e. The summed E-state index contributed by atoms with van der Waals surface area (Å²) in [4.78, 5) is 18.9. The number of aromatic nitrogens is 1. The molecule has 1 amide bonds. The number of benzene rings is 1. The van der Waals surface area contributed by atoms with Crippen LogP contribution in [0.25, 0.3) is 10.9 Å². The number of aromatic amines is 1. The van der Waals surface area contributed by atoms with Gasteiger partial charge in [0.2, 0.25) is 0 Å². The zero-order valence-electron chi connectivity index (χ0n) is 11.3. The van der Waals surface area contributed by atoms with Crippen molar-refractivity contribution in [1.82, 2.24) is 9.88 Å². The number of fused-ring (bicyclic) bond motifs is 1. The normalized spacial score (nSPS) is 10.8. The van der Waals surface area contributed by atoms with Gasteiger partial charge in [0.15, 0.2) is 0 Å². The van der Waals surface area contributed by atoms with Crippen molar-refractivity contribution in [3.8, 4) is 0 Å². The van der Waals surface area contributed by atoms with Crippen LogP contribution in [-0.4, -0.2) is 22.3 Å². The lowest BCUT2D eigenvalue weighted by Crippen LogP contribution is -2.29. The van der Waals surface area contributed by atoms with Crippen LogP contribution in [0.4, 0.5) is 0 Å². The molecule has 0 spiro atoms. The van der Waals surface area contributed by atoms with Crippen LogP contribution in [0.1, 0.15) is 22.2 Å². The summed E-state index contributed by atoms with van der Waals surface area (Å²) in [7, 11) is 0. The van der Waals surface area contributed by atoms with E-state index in [0.29, 0.717) is 13.1 Å². The molecule has 0 radical (unpaired) electrons. The lowest BCUT2D eigenvalue weighted by molar-refractivity contribution is 0.0756. The summed E-state index contributed by atoms with van der Waals surface area (Å²) in [6.07, 6.45) is 1.81. The van der Waals surface area contributed by atoms with Crippen molar-refractivity contribution in [3.05, 3.63) is 58.4 Å². The van der Waals surface area contributed by atoms with Gasteiger partial charge in [0.25, 0.3) is 5.91 Å². The maximum Gasteiger partial charge on any atom is 0.256 e. The maximum atomic E-state index is 12.7. The molecule has 0 aliphatic heterocycles. The zero-order chi connectivity index (χ0) is 13.9. The number of amides is 1. The van der Waals surface area contributed by atoms with E-state index in [2.05, 4.69) is 11.1 Å². The van der Waals surface area contributed by atoms with Crippen molar-refractivity contribution in [2.45, 2.75) is 13.5 Å². The largest absolute Gasteiger partial charge is 0.360 e. The first-order valence-corrected chi connectivity index (χ1v) is 7.55. The summed E-state index contributed by atoms with van der Waals surface area (Å²) >= 11 is 1.68. The molecule has 3 nitrogen and oxygen atoms in total. The number of carbonyl (C=O) groups excluding carboxylic acids is 1. The van der Waals surface area contributed by atoms with Gasteiger partial charge in [-0.15, -0.1) is 11.3 Å². The fourth-order valence-corrected chi connectivity index (χ4v) is 3.06. The van der Waals surface area contributed by atoms with E-state index in [1.54, 1.807) is 11.3 Å². The predicted octanol–water partition coefficient (Wildman–Crippen LogP) is 3.89. The average Bonchev–Trinajstić information content (AvgIpc) is 3.13. The van der Waals surface area contributed by atoms with E-state index in [-0.39, 0.29) is 5.91 Å². The quantitative estimate of drug-likeness (QED) is 0.775. The van der Waals surface area contributed by atoms with Crippen molar-refractivity contribution in [2.24, 2.45) is 0 Å². The van der Waals surface area contributed by atoms with E-state index in [0.717, 1.165) is 16.5 Å². The van der Waals surface area contributed by atoms with Gasteiger partial charge in [-0.05, 0) is 24.4 Å². The summed E-state index contributed by atoms with van der Waals surface area (Å²) in [5, 5.41) is 3.03. The molecule has 0 saturated heterocycles. The molecule has 2 aromatic heterocycles. The number of nitrogens with one attached hydrogen (secondary N) is 1. The predicted molar refractivity (Wildman–Crippen MR) is 83.0 cm³/mol. The lowest BCUT2D eigenvalue weighted by Gasteiger charge is -2.19. The highest BCUT2D eigenvalue weighted by Crippen LogP contribution is 2.21. The van der Waals surface area contributed by atoms with Crippen LogP contribution in [-0.2, 0) is 6.54 Å². The van der Waals surface area contributed by atoms with Crippen molar-refractivity contribution < 1.29 is 4.79 Å². The van der Waals surface area contributed by atoms with Crippen molar-refractivity contribution in [3.63, 3.8) is 0 Å².